The van der Waals surface area contributed by atoms with Crippen LogP contribution in [-0.4, -0.2) is 25.1 Å². The molecule has 0 saturated carbocycles. The third-order valence-electron chi connectivity index (χ3n) is 3.30. The molecule has 3 heterocycles. The molecule has 0 aromatic carbocycles. The first-order chi connectivity index (χ1) is 10.6. The third kappa shape index (κ3) is 2.52. The minimum atomic E-state index is -0.431. The second-order valence-electron chi connectivity index (χ2n) is 4.81. The van der Waals surface area contributed by atoms with Crippen molar-refractivity contribution in [3.05, 3.63) is 51.1 Å². The summed E-state index contributed by atoms with van der Waals surface area (Å²) in [5.74, 6) is -0.431. The Kier molecular flexibility index (Phi) is 3.76. The van der Waals surface area contributed by atoms with Crippen molar-refractivity contribution < 1.29 is 4.79 Å². The molecule has 0 fully saturated rings. The fourth-order valence-corrected chi connectivity index (χ4v) is 2.94. The van der Waals surface area contributed by atoms with Crippen LogP contribution in [0.4, 0.5) is 0 Å². The van der Waals surface area contributed by atoms with Gasteiger partial charge >= 0.3 is 0 Å². The van der Waals surface area contributed by atoms with Gasteiger partial charge in [0.05, 0.1) is 17.9 Å². The summed E-state index contributed by atoms with van der Waals surface area (Å²) in [7, 11) is 0. The summed E-state index contributed by atoms with van der Waals surface area (Å²) in [6, 6.07) is 1.91. The van der Waals surface area contributed by atoms with Crippen molar-refractivity contribution in [3.8, 4) is 0 Å². The maximum Gasteiger partial charge on any atom is 0.271 e. The van der Waals surface area contributed by atoms with Gasteiger partial charge in [0.25, 0.3) is 11.5 Å². The smallest absolute Gasteiger partial charge is 0.271 e. The van der Waals surface area contributed by atoms with E-state index in [4.69, 9.17) is 0 Å². The molecule has 0 aliphatic heterocycles. The molecule has 114 valence electrons. The van der Waals surface area contributed by atoms with E-state index in [0.29, 0.717) is 11.5 Å². The monoisotopic (exact) mass is 317 g/mol. The standard InChI is InChI=1S/C14H15N5O2S/c1-3-19-10(6-9(2)17-19)7-15-12(20)11-8-16-14-18(13(11)21)4-5-22-14/h4-6,8H,3,7H2,1-2H3,(H,15,20). The van der Waals surface area contributed by atoms with Crippen LogP contribution in [0.1, 0.15) is 28.7 Å². The minimum Gasteiger partial charge on any atom is -0.346 e. The number of aryl methyl sites for hydroxylation is 2. The predicted octanol–water partition coefficient (Wildman–Crippen LogP) is 1.21. The summed E-state index contributed by atoms with van der Waals surface area (Å²) in [6.45, 7) is 4.93. The van der Waals surface area contributed by atoms with E-state index < -0.39 is 5.91 Å². The van der Waals surface area contributed by atoms with Crippen molar-refractivity contribution in [1.29, 1.82) is 0 Å². The van der Waals surface area contributed by atoms with Crippen molar-refractivity contribution in [1.82, 2.24) is 24.5 Å². The molecule has 0 aliphatic carbocycles. The number of rotatable bonds is 4. The molecule has 0 bridgehead atoms. The summed E-state index contributed by atoms with van der Waals surface area (Å²) >= 11 is 1.35. The first-order valence-corrected chi connectivity index (χ1v) is 7.74. The Morgan fingerprint density at radius 1 is 1.45 bits per heavy atom. The van der Waals surface area contributed by atoms with Gasteiger partial charge in [-0.05, 0) is 19.9 Å². The topological polar surface area (TPSA) is 81.3 Å². The van der Waals surface area contributed by atoms with Crippen LogP contribution < -0.4 is 10.9 Å². The van der Waals surface area contributed by atoms with E-state index in [1.165, 1.54) is 21.9 Å². The quantitative estimate of drug-likeness (QED) is 0.784. The Balaban J connectivity index is 1.81. The number of nitrogens with zero attached hydrogens (tertiary/aromatic N) is 4. The fourth-order valence-electron chi connectivity index (χ4n) is 2.26. The van der Waals surface area contributed by atoms with E-state index in [2.05, 4.69) is 15.4 Å². The van der Waals surface area contributed by atoms with Gasteiger partial charge in [-0.15, -0.1) is 11.3 Å². The molecule has 1 amide bonds. The van der Waals surface area contributed by atoms with E-state index in [1.807, 2.05) is 24.6 Å². The number of aromatic nitrogens is 4. The molecule has 0 unspecified atom stereocenters. The van der Waals surface area contributed by atoms with Crippen LogP contribution in [0.2, 0.25) is 0 Å². The Bertz CT molecular complexity index is 892. The van der Waals surface area contributed by atoms with E-state index in [9.17, 15) is 9.59 Å². The van der Waals surface area contributed by atoms with Gasteiger partial charge in [-0.1, -0.05) is 0 Å². The molecule has 3 aromatic heterocycles. The molecule has 22 heavy (non-hydrogen) atoms. The Hall–Kier alpha value is -2.48. The number of amides is 1. The Morgan fingerprint density at radius 3 is 3.05 bits per heavy atom. The third-order valence-corrected chi connectivity index (χ3v) is 4.07. The highest BCUT2D eigenvalue weighted by molar-refractivity contribution is 7.15. The highest BCUT2D eigenvalue weighted by atomic mass is 32.1. The number of nitrogens with one attached hydrogen (secondary N) is 1. The van der Waals surface area contributed by atoms with Crippen LogP contribution in [-0.2, 0) is 13.1 Å². The maximum absolute atomic E-state index is 12.2. The molecule has 8 heteroatoms. The molecule has 3 rings (SSSR count). The van der Waals surface area contributed by atoms with Crippen LogP contribution in [0.25, 0.3) is 4.96 Å². The predicted molar refractivity (Wildman–Crippen MR) is 83.1 cm³/mol. The summed E-state index contributed by atoms with van der Waals surface area (Å²) in [5, 5.41) is 8.83. The second kappa shape index (κ2) is 5.72. The number of hydrogen-bond acceptors (Lipinski definition) is 5. The van der Waals surface area contributed by atoms with Crippen molar-refractivity contribution >= 4 is 22.2 Å². The van der Waals surface area contributed by atoms with Crippen molar-refractivity contribution in [2.24, 2.45) is 0 Å². The van der Waals surface area contributed by atoms with E-state index in [0.717, 1.165) is 17.9 Å². The van der Waals surface area contributed by atoms with Crippen molar-refractivity contribution in [2.75, 3.05) is 0 Å². The zero-order valence-electron chi connectivity index (χ0n) is 12.2. The van der Waals surface area contributed by atoms with Gasteiger partial charge in [0.1, 0.15) is 5.56 Å². The maximum atomic E-state index is 12.2. The van der Waals surface area contributed by atoms with Crippen LogP contribution in [0.15, 0.2) is 28.6 Å². The molecule has 0 spiro atoms. The Morgan fingerprint density at radius 2 is 2.27 bits per heavy atom. The average molecular weight is 317 g/mol. The first kappa shape index (κ1) is 14.5. The van der Waals surface area contributed by atoms with E-state index in [1.54, 1.807) is 11.6 Å². The lowest BCUT2D eigenvalue weighted by atomic mass is 10.3. The van der Waals surface area contributed by atoms with Gasteiger partial charge in [0.15, 0.2) is 4.96 Å². The van der Waals surface area contributed by atoms with Crippen LogP contribution in [0.5, 0.6) is 0 Å². The van der Waals surface area contributed by atoms with Crippen LogP contribution >= 0.6 is 11.3 Å². The normalized spacial score (nSPS) is 11.0. The highest BCUT2D eigenvalue weighted by Gasteiger charge is 2.14. The highest BCUT2D eigenvalue weighted by Crippen LogP contribution is 2.06. The van der Waals surface area contributed by atoms with Crippen LogP contribution in [0.3, 0.4) is 0 Å². The van der Waals surface area contributed by atoms with Gasteiger partial charge in [-0.2, -0.15) is 5.10 Å². The summed E-state index contributed by atoms with van der Waals surface area (Å²) in [4.78, 5) is 29.1. The molecule has 0 saturated heterocycles. The first-order valence-electron chi connectivity index (χ1n) is 6.86. The van der Waals surface area contributed by atoms with Crippen molar-refractivity contribution in [2.45, 2.75) is 26.9 Å². The number of carbonyl (C=O) groups excluding carboxylic acids is 1. The molecule has 7 nitrogen and oxygen atoms in total. The van der Waals surface area contributed by atoms with Crippen LogP contribution in [0, 0.1) is 6.92 Å². The lowest BCUT2D eigenvalue weighted by Crippen LogP contribution is -2.31. The van der Waals surface area contributed by atoms with E-state index in [-0.39, 0.29) is 11.1 Å². The van der Waals surface area contributed by atoms with Gasteiger partial charge in [0, 0.05) is 24.3 Å². The minimum absolute atomic E-state index is 0.0372. The average Bonchev–Trinajstić information content (AvgIpc) is 3.11. The largest absolute Gasteiger partial charge is 0.346 e. The van der Waals surface area contributed by atoms with Gasteiger partial charge in [-0.25, -0.2) is 4.98 Å². The molecule has 0 atom stereocenters. The number of fused-ring (bicyclic) bond motifs is 1. The number of carbonyl (C=O) groups is 1. The summed E-state index contributed by atoms with van der Waals surface area (Å²) < 4.78 is 3.20. The van der Waals surface area contributed by atoms with E-state index >= 15 is 0 Å². The fraction of sp³-hybridized carbons (Fsp3) is 0.286. The van der Waals surface area contributed by atoms with Gasteiger partial charge < -0.3 is 5.32 Å². The molecular weight excluding hydrogens is 302 g/mol. The SMILES string of the molecule is CCn1nc(C)cc1CNC(=O)c1cnc2sccn2c1=O. The lowest BCUT2D eigenvalue weighted by molar-refractivity contribution is 0.0948. The lowest BCUT2D eigenvalue weighted by Gasteiger charge is -2.06. The molecule has 0 radical (unpaired) electrons. The van der Waals surface area contributed by atoms with Crippen molar-refractivity contribution in [3.63, 3.8) is 0 Å². The Labute approximate surface area is 130 Å². The number of hydrogen-bond donors (Lipinski definition) is 1. The zero-order valence-corrected chi connectivity index (χ0v) is 13.1. The molecule has 0 aliphatic rings. The molecular formula is C14H15N5O2S. The van der Waals surface area contributed by atoms with Gasteiger partial charge in [0.2, 0.25) is 0 Å². The van der Waals surface area contributed by atoms with Gasteiger partial charge in [-0.3, -0.25) is 18.7 Å². The number of thiazole rings is 1. The molecule has 3 aromatic rings. The molecule has 1 N–H and O–H groups in total. The zero-order chi connectivity index (χ0) is 15.7. The summed E-state index contributed by atoms with van der Waals surface area (Å²) in [6.07, 6.45) is 2.94. The second-order valence-corrected chi connectivity index (χ2v) is 5.68. The summed E-state index contributed by atoms with van der Waals surface area (Å²) in [5.41, 5.74) is 1.48.